The maximum absolute atomic E-state index is 10.9. The molecule has 15 heavy (non-hydrogen) atoms. The number of carbonyl (C=O) groups excluding carboxylic acids is 1. The molecule has 1 unspecified atom stereocenters. The van der Waals surface area contributed by atoms with Crippen molar-refractivity contribution in [3.8, 4) is 5.75 Å². The predicted molar refractivity (Wildman–Crippen MR) is 52.4 cm³/mol. The summed E-state index contributed by atoms with van der Waals surface area (Å²) in [7, 11) is 2.78. The lowest BCUT2D eigenvalue weighted by molar-refractivity contribution is -0.142. The minimum Gasteiger partial charge on any atom is -0.495 e. The molecule has 0 aliphatic carbocycles. The smallest absolute Gasteiger partial charge is 0.308 e. The van der Waals surface area contributed by atoms with Crippen LogP contribution in [0.2, 0.25) is 0 Å². The highest BCUT2D eigenvalue weighted by atomic mass is 16.5. The van der Waals surface area contributed by atoms with Gasteiger partial charge in [0.25, 0.3) is 0 Å². The van der Waals surface area contributed by atoms with E-state index in [1.165, 1.54) is 26.6 Å². The van der Waals surface area contributed by atoms with E-state index in [4.69, 9.17) is 4.74 Å². The lowest BCUT2D eigenvalue weighted by atomic mass is 10.1. The number of pyridine rings is 1. The number of hydrogen-bond donors (Lipinski definition) is 1. The Morgan fingerprint density at radius 1 is 1.53 bits per heavy atom. The summed E-state index contributed by atoms with van der Waals surface area (Å²) < 4.78 is 9.39. The molecule has 0 saturated heterocycles. The second-order valence-corrected chi connectivity index (χ2v) is 2.95. The van der Waals surface area contributed by atoms with Crippen LogP contribution in [0.5, 0.6) is 5.75 Å². The Kier molecular flexibility index (Phi) is 4.05. The minimum atomic E-state index is -0.917. The number of aromatic nitrogens is 1. The molecule has 1 aromatic heterocycles. The first-order valence-electron chi connectivity index (χ1n) is 4.41. The number of methoxy groups -OCH3 is 2. The van der Waals surface area contributed by atoms with E-state index in [0.29, 0.717) is 11.3 Å². The predicted octanol–water partition coefficient (Wildman–Crippen LogP) is 0.687. The van der Waals surface area contributed by atoms with Gasteiger partial charge in [-0.2, -0.15) is 0 Å². The monoisotopic (exact) mass is 211 g/mol. The van der Waals surface area contributed by atoms with E-state index in [1.54, 1.807) is 6.07 Å². The van der Waals surface area contributed by atoms with Crippen molar-refractivity contribution in [3.63, 3.8) is 0 Å². The van der Waals surface area contributed by atoms with Gasteiger partial charge < -0.3 is 14.6 Å². The van der Waals surface area contributed by atoms with Crippen LogP contribution in [0.1, 0.15) is 18.1 Å². The quantitative estimate of drug-likeness (QED) is 0.742. The number of aliphatic hydroxyl groups excluding tert-OH is 1. The molecular weight excluding hydrogens is 198 g/mol. The highest BCUT2D eigenvalue weighted by Crippen LogP contribution is 2.20. The molecule has 0 aliphatic heterocycles. The average Bonchev–Trinajstić information content (AvgIpc) is 2.28. The molecule has 0 aliphatic rings. The second-order valence-electron chi connectivity index (χ2n) is 2.95. The topological polar surface area (TPSA) is 68.7 Å². The third-order valence-electron chi connectivity index (χ3n) is 1.94. The number of rotatable bonds is 4. The van der Waals surface area contributed by atoms with Crippen LogP contribution in [0.25, 0.3) is 0 Å². The van der Waals surface area contributed by atoms with Crippen LogP contribution in [-0.4, -0.2) is 30.3 Å². The molecule has 1 heterocycles. The summed E-state index contributed by atoms with van der Waals surface area (Å²) in [5, 5.41) is 9.65. The van der Waals surface area contributed by atoms with Gasteiger partial charge in [-0.3, -0.25) is 9.78 Å². The fourth-order valence-electron chi connectivity index (χ4n) is 1.09. The Balaban J connectivity index is 2.72. The zero-order chi connectivity index (χ0) is 11.3. The average molecular weight is 211 g/mol. The van der Waals surface area contributed by atoms with Crippen molar-refractivity contribution in [3.05, 3.63) is 24.0 Å². The standard InChI is InChI=1S/C10H13NO4/c1-14-8-3-7(5-11-6-8)9(12)4-10(13)15-2/h3,5-6,9,12H,4H2,1-2H3. The van der Waals surface area contributed by atoms with E-state index in [2.05, 4.69) is 9.72 Å². The van der Waals surface area contributed by atoms with Crippen molar-refractivity contribution in [1.29, 1.82) is 0 Å². The molecule has 0 bridgehead atoms. The number of aliphatic hydroxyl groups is 1. The molecule has 0 saturated carbocycles. The van der Waals surface area contributed by atoms with Gasteiger partial charge in [0.15, 0.2) is 0 Å². The zero-order valence-corrected chi connectivity index (χ0v) is 8.64. The second kappa shape index (κ2) is 5.31. The van der Waals surface area contributed by atoms with Crippen LogP contribution in [0.4, 0.5) is 0 Å². The van der Waals surface area contributed by atoms with Crippen LogP contribution in [-0.2, 0) is 9.53 Å². The molecule has 5 heteroatoms. The zero-order valence-electron chi connectivity index (χ0n) is 8.64. The van der Waals surface area contributed by atoms with Crippen LogP contribution in [0, 0.1) is 0 Å². The maximum atomic E-state index is 10.9. The molecular formula is C10H13NO4. The van der Waals surface area contributed by atoms with Crippen molar-refractivity contribution in [2.24, 2.45) is 0 Å². The summed E-state index contributed by atoms with van der Waals surface area (Å²) in [6, 6.07) is 1.63. The highest BCUT2D eigenvalue weighted by Gasteiger charge is 2.14. The van der Waals surface area contributed by atoms with Gasteiger partial charge in [-0.1, -0.05) is 0 Å². The normalized spacial score (nSPS) is 11.9. The molecule has 0 aromatic carbocycles. The Hall–Kier alpha value is -1.62. The summed E-state index contributed by atoms with van der Waals surface area (Å²) >= 11 is 0. The summed E-state index contributed by atoms with van der Waals surface area (Å²) in [6.45, 7) is 0. The van der Waals surface area contributed by atoms with E-state index < -0.39 is 12.1 Å². The Bertz CT molecular complexity index is 340. The first-order chi connectivity index (χ1) is 7.17. The van der Waals surface area contributed by atoms with Gasteiger partial charge in [0.05, 0.1) is 32.9 Å². The third kappa shape index (κ3) is 3.21. The van der Waals surface area contributed by atoms with Gasteiger partial charge in [0, 0.05) is 11.8 Å². The summed E-state index contributed by atoms with van der Waals surface area (Å²) in [5.41, 5.74) is 0.528. The van der Waals surface area contributed by atoms with Crippen LogP contribution in [0.3, 0.4) is 0 Å². The molecule has 1 atom stereocenters. The summed E-state index contributed by atoms with van der Waals surface area (Å²) in [6.07, 6.45) is 2.00. The number of hydrogen-bond acceptors (Lipinski definition) is 5. The minimum absolute atomic E-state index is 0.0919. The molecule has 1 N–H and O–H groups in total. The van der Waals surface area contributed by atoms with E-state index in [-0.39, 0.29) is 6.42 Å². The van der Waals surface area contributed by atoms with Crippen LogP contribution >= 0.6 is 0 Å². The Morgan fingerprint density at radius 2 is 2.27 bits per heavy atom. The largest absolute Gasteiger partial charge is 0.495 e. The maximum Gasteiger partial charge on any atom is 0.308 e. The van der Waals surface area contributed by atoms with E-state index in [9.17, 15) is 9.90 Å². The first kappa shape index (κ1) is 11.5. The molecule has 5 nitrogen and oxygen atoms in total. The van der Waals surface area contributed by atoms with E-state index in [0.717, 1.165) is 0 Å². The third-order valence-corrected chi connectivity index (χ3v) is 1.94. The molecule has 0 spiro atoms. The van der Waals surface area contributed by atoms with Crippen molar-refractivity contribution in [2.45, 2.75) is 12.5 Å². The van der Waals surface area contributed by atoms with Crippen LogP contribution in [0.15, 0.2) is 18.5 Å². The highest BCUT2D eigenvalue weighted by molar-refractivity contribution is 5.70. The number of carbonyl (C=O) groups is 1. The fourth-order valence-corrected chi connectivity index (χ4v) is 1.09. The Morgan fingerprint density at radius 3 is 2.87 bits per heavy atom. The SMILES string of the molecule is COC(=O)CC(O)c1cncc(OC)c1. The van der Waals surface area contributed by atoms with Gasteiger partial charge >= 0.3 is 5.97 Å². The van der Waals surface area contributed by atoms with Crippen LogP contribution < -0.4 is 4.74 Å². The Labute approximate surface area is 87.7 Å². The lowest BCUT2D eigenvalue weighted by Gasteiger charge is -2.09. The molecule has 0 amide bonds. The number of nitrogens with zero attached hydrogens (tertiary/aromatic N) is 1. The summed E-state index contributed by atoms with van der Waals surface area (Å²) in [5.74, 6) is 0.0711. The molecule has 82 valence electrons. The van der Waals surface area contributed by atoms with Crippen molar-refractivity contribution in [1.82, 2.24) is 4.98 Å². The van der Waals surface area contributed by atoms with Gasteiger partial charge in [-0.25, -0.2) is 0 Å². The number of esters is 1. The van der Waals surface area contributed by atoms with Gasteiger partial charge in [0.1, 0.15) is 5.75 Å². The van der Waals surface area contributed by atoms with Gasteiger partial charge in [-0.15, -0.1) is 0 Å². The van der Waals surface area contributed by atoms with E-state index in [1.807, 2.05) is 0 Å². The van der Waals surface area contributed by atoms with Gasteiger partial charge in [-0.05, 0) is 6.07 Å². The fraction of sp³-hybridized carbons (Fsp3) is 0.400. The van der Waals surface area contributed by atoms with E-state index >= 15 is 0 Å². The van der Waals surface area contributed by atoms with Crippen molar-refractivity contribution >= 4 is 5.97 Å². The molecule has 0 radical (unpaired) electrons. The molecule has 0 fully saturated rings. The number of ether oxygens (including phenoxy) is 2. The lowest BCUT2D eigenvalue weighted by Crippen LogP contribution is -2.08. The summed E-state index contributed by atoms with van der Waals surface area (Å²) in [4.78, 5) is 14.8. The van der Waals surface area contributed by atoms with Gasteiger partial charge in [0.2, 0.25) is 0 Å². The van der Waals surface area contributed by atoms with Crippen molar-refractivity contribution < 1.29 is 19.4 Å². The van der Waals surface area contributed by atoms with Crippen molar-refractivity contribution in [2.75, 3.05) is 14.2 Å². The molecule has 1 aromatic rings. The molecule has 1 rings (SSSR count). The first-order valence-corrected chi connectivity index (χ1v) is 4.41.